The Labute approximate surface area is 174 Å². The van der Waals surface area contributed by atoms with E-state index < -0.39 is 17.8 Å². The van der Waals surface area contributed by atoms with Crippen molar-refractivity contribution in [2.24, 2.45) is 0 Å². The normalized spacial score (nSPS) is 12.8. The molecule has 3 rings (SSSR count). The van der Waals surface area contributed by atoms with Gasteiger partial charge in [0.1, 0.15) is 17.4 Å². The molecule has 0 saturated carbocycles. The fourth-order valence-electron chi connectivity index (χ4n) is 3.30. The molecule has 2 aromatic carbocycles. The van der Waals surface area contributed by atoms with Gasteiger partial charge in [-0.2, -0.15) is 13.2 Å². The van der Waals surface area contributed by atoms with E-state index in [1.54, 1.807) is 33.1 Å². The fraction of sp³-hybridized carbons (Fsp3) is 0.300. The molecule has 0 fully saturated rings. The Morgan fingerprint density at radius 2 is 1.83 bits per heavy atom. The fourth-order valence-corrected chi connectivity index (χ4v) is 3.80. The molecular formula is C20H20BrF3N4O. The molecule has 0 aliphatic heterocycles. The number of nitrogens with zero attached hydrogens (tertiary/aromatic N) is 2. The zero-order valence-corrected chi connectivity index (χ0v) is 17.9. The molecule has 0 bridgehead atoms. The minimum Gasteiger partial charge on any atom is -0.495 e. The summed E-state index contributed by atoms with van der Waals surface area (Å²) in [4.78, 5) is 8.87. The summed E-state index contributed by atoms with van der Waals surface area (Å²) < 4.78 is 46.1. The van der Waals surface area contributed by atoms with E-state index in [2.05, 4.69) is 31.2 Å². The van der Waals surface area contributed by atoms with Crippen LogP contribution >= 0.6 is 15.9 Å². The number of halogens is 4. The van der Waals surface area contributed by atoms with Gasteiger partial charge in [-0.3, -0.25) is 0 Å². The van der Waals surface area contributed by atoms with Crippen LogP contribution in [0.5, 0.6) is 5.75 Å². The molecule has 0 saturated heterocycles. The number of nitrogens with one attached hydrogen (secondary N) is 1. The standard InChI is InChI=1S/C20H20BrF3N4O/c1-9-13(5-12(25)6-15(9)20(22,23)24)10(2)26-19-14-7-16(21)18(29-4)8-17(14)27-11(3)28-19/h5-8,10H,25H2,1-4H3,(H,26,27,28)/t10-/m1/s1. The van der Waals surface area contributed by atoms with Crippen LogP contribution in [0.15, 0.2) is 28.7 Å². The number of ether oxygens (including phenoxy) is 1. The summed E-state index contributed by atoms with van der Waals surface area (Å²) in [6.07, 6.45) is -4.48. The van der Waals surface area contributed by atoms with Crippen molar-refractivity contribution >= 4 is 38.3 Å². The first-order valence-corrected chi connectivity index (χ1v) is 9.56. The number of fused-ring (bicyclic) bond motifs is 1. The first-order chi connectivity index (χ1) is 13.5. The van der Waals surface area contributed by atoms with Crippen molar-refractivity contribution in [3.05, 3.63) is 51.3 Å². The van der Waals surface area contributed by atoms with Gasteiger partial charge in [0.05, 0.1) is 28.7 Å². The molecule has 0 amide bonds. The summed E-state index contributed by atoms with van der Waals surface area (Å²) in [6.45, 7) is 4.96. The van der Waals surface area contributed by atoms with E-state index in [4.69, 9.17) is 10.5 Å². The molecule has 0 spiro atoms. The largest absolute Gasteiger partial charge is 0.495 e. The Morgan fingerprint density at radius 3 is 2.45 bits per heavy atom. The van der Waals surface area contributed by atoms with Gasteiger partial charge in [-0.25, -0.2) is 9.97 Å². The van der Waals surface area contributed by atoms with Crippen LogP contribution in [0.3, 0.4) is 0 Å². The number of anilines is 2. The summed E-state index contributed by atoms with van der Waals surface area (Å²) >= 11 is 3.44. The first-order valence-electron chi connectivity index (χ1n) is 8.77. The maximum Gasteiger partial charge on any atom is 0.416 e. The minimum absolute atomic E-state index is 0.0581. The molecule has 154 valence electrons. The number of hydrogen-bond acceptors (Lipinski definition) is 5. The summed E-state index contributed by atoms with van der Waals surface area (Å²) in [5, 5.41) is 3.93. The molecule has 1 heterocycles. The summed E-state index contributed by atoms with van der Waals surface area (Å²) in [7, 11) is 1.56. The predicted molar refractivity (Wildman–Crippen MR) is 111 cm³/mol. The zero-order valence-electron chi connectivity index (χ0n) is 16.3. The van der Waals surface area contributed by atoms with Crippen LogP contribution in [-0.2, 0) is 6.18 Å². The Balaban J connectivity index is 2.08. The van der Waals surface area contributed by atoms with Gasteiger partial charge in [0.2, 0.25) is 0 Å². The molecular weight excluding hydrogens is 449 g/mol. The highest BCUT2D eigenvalue weighted by molar-refractivity contribution is 9.10. The van der Waals surface area contributed by atoms with Crippen LogP contribution in [0.25, 0.3) is 10.9 Å². The number of aryl methyl sites for hydroxylation is 1. The second kappa shape index (κ2) is 7.70. The molecule has 0 aliphatic rings. The highest BCUT2D eigenvalue weighted by Gasteiger charge is 2.34. The molecule has 0 aliphatic carbocycles. The third kappa shape index (κ3) is 4.24. The van der Waals surface area contributed by atoms with Gasteiger partial charge in [-0.05, 0) is 66.0 Å². The van der Waals surface area contributed by atoms with Crippen LogP contribution in [0.2, 0.25) is 0 Å². The lowest BCUT2D eigenvalue weighted by Crippen LogP contribution is -2.15. The van der Waals surface area contributed by atoms with Gasteiger partial charge in [0.25, 0.3) is 0 Å². The van der Waals surface area contributed by atoms with Gasteiger partial charge in [-0.1, -0.05) is 0 Å². The van der Waals surface area contributed by atoms with Gasteiger partial charge in [0, 0.05) is 17.1 Å². The van der Waals surface area contributed by atoms with Crippen molar-refractivity contribution in [2.75, 3.05) is 18.2 Å². The average molecular weight is 469 g/mol. The molecule has 3 aromatic rings. The molecule has 1 aromatic heterocycles. The lowest BCUT2D eigenvalue weighted by Gasteiger charge is -2.22. The van der Waals surface area contributed by atoms with E-state index in [9.17, 15) is 13.2 Å². The van der Waals surface area contributed by atoms with Gasteiger partial charge >= 0.3 is 6.18 Å². The number of rotatable bonds is 4. The second-order valence-electron chi connectivity index (χ2n) is 6.77. The highest BCUT2D eigenvalue weighted by atomic mass is 79.9. The number of hydrogen-bond donors (Lipinski definition) is 2. The van der Waals surface area contributed by atoms with Crippen molar-refractivity contribution in [2.45, 2.75) is 33.0 Å². The number of methoxy groups -OCH3 is 1. The Morgan fingerprint density at radius 1 is 1.14 bits per heavy atom. The number of aromatic nitrogens is 2. The summed E-state index contributed by atoms with van der Waals surface area (Å²) in [5.41, 5.74) is 6.31. The first kappa shape index (κ1) is 21.2. The minimum atomic E-state index is -4.48. The Hall–Kier alpha value is -2.55. The molecule has 0 radical (unpaired) electrons. The molecule has 1 atom stereocenters. The molecule has 0 unspecified atom stereocenters. The molecule has 29 heavy (non-hydrogen) atoms. The zero-order chi connectivity index (χ0) is 21.5. The number of alkyl halides is 3. The van der Waals surface area contributed by atoms with Gasteiger partial charge < -0.3 is 15.8 Å². The van der Waals surface area contributed by atoms with Gasteiger partial charge in [0.15, 0.2) is 0 Å². The highest BCUT2D eigenvalue weighted by Crippen LogP contribution is 2.38. The average Bonchev–Trinajstić information content (AvgIpc) is 2.62. The lowest BCUT2D eigenvalue weighted by atomic mass is 9.96. The molecule has 9 heteroatoms. The SMILES string of the molecule is COc1cc2nc(C)nc(N[C@H](C)c3cc(N)cc(C(F)(F)F)c3C)c2cc1Br. The smallest absolute Gasteiger partial charge is 0.416 e. The quantitative estimate of drug-likeness (QED) is 0.473. The number of nitrogen functional groups attached to an aromatic ring is 1. The van der Waals surface area contributed by atoms with Crippen LogP contribution in [0.4, 0.5) is 24.7 Å². The monoisotopic (exact) mass is 468 g/mol. The van der Waals surface area contributed by atoms with E-state index in [1.807, 2.05) is 6.07 Å². The number of nitrogens with two attached hydrogens (primary N) is 1. The van der Waals surface area contributed by atoms with Crippen molar-refractivity contribution < 1.29 is 17.9 Å². The third-order valence-electron chi connectivity index (χ3n) is 4.68. The second-order valence-corrected chi connectivity index (χ2v) is 7.62. The van der Waals surface area contributed by atoms with Crippen molar-refractivity contribution in [1.82, 2.24) is 9.97 Å². The van der Waals surface area contributed by atoms with E-state index in [1.165, 1.54) is 6.92 Å². The Kier molecular flexibility index (Phi) is 5.62. The van der Waals surface area contributed by atoms with Crippen LogP contribution in [0, 0.1) is 13.8 Å². The summed E-state index contributed by atoms with van der Waals surface area (Å²) in [6, 6.07) is 5.63. The third-order valence-corrected chi connectivity index (χ3v) is 5.30. The maximum atomic E-state index is 13.4. The van der Waals surface area contributed by atoms with Crippen molar-refractivity contribution in [3.63, 3.8) is 0 Å². The van der Waals surface area contributed by atoms with E-state index in [0.717, 1.165) is 10.5 Å². The topological polar surface area (TPSA) is 73.1 Å². The van der Waals surface area contributed by atoms with Crippen molar-refractivity contribution in [1.29, 1.82) is 0 Å². The van der Waals surface area contributed by atoms with Crippen LogP contribution < -0.4 is 15.8 Å². The van der Waals surface area contributed by atoms with Crippen LogP contribution in [-0.4, -0.2) is 17.1 Å². The van der Waals surface area contributed by atoms with E-state index in [-0.39, 0.29) is 11.3 Å². The van der Waals surface area contributed by atoms with E-state index >= 15 is 0 Å². The van der Waals surface area contributed by atoms with E-state index in [0.29, 0.717) is 33.9 Å². The van der Waals surface area contributed by atoms with Crippen LogP contribution in [0.1, 0.15) is 35.5 Å². The molecule has 5 nitrogen and oxygen atoms in total. The number of benzene rings is 2. The lowest BCUT2D eigenvalue weighted by molar-refractivity contribution is -0.138. The predicted octanol–water partition coefficient (Wildman–Crippen LogP) is 5.79. The molecule has 3 N–H and O–H groups in total. The summed E-state index contributed by atoms with van der Waals surface area (Å²) in [5.74, 6) is 1.66. The maximum absolute atomic E-state index is 13.4. The van der Waals surface area contributed by atoms with Gasteiger partial charge in [-0.15, -0.1) is 0 Å². The van der Waals surface area contributed by atoms with Crippen molar-refractivity contribution in [3.8, 4) is 5.75 Å². The Bertz CT molecular complexity index is 1090.